The molecule has 1 saturated heterocycles. The number of methoxy groups -OCH3 is 1. The maximum atomic E-state index is 12.4. The maximum Gasteiger partial charge on any atom is 0.316 e. The maximum absolute atomic E-state index is 12.4. The number of amides is 1. The van der Waals surface area contributed by atoms with E-state index in [1.807, 2.05) is 0 Å². The van der Waals surface area contributed by atoms with Crippen LogP contribution in [0.3, 0.4) is 0 Å². The first-order valence-corrected chi connectivity index (χ1v) is 8.30. The van der Waals surface area contributed by atoms with Gasteiger partial charge in [0.2, 0.25) is 5.91 Å². The Kier molecular flexibility index (Phi) is 5.23. The summed E-state index contributed by atoms with van der Waals surface area (Å²) in [6.45, 7) is 0.181. The van der Waals surface area contributed by atoms with Gasteiger partial charge in [-0.25, -0.2) is 0 Å². The monoisotopic (exact) mass is 373 g/mol. The molecule has 0 aliphatic carbocycles. The Morgan fingerprint density at radius 1 is 1.23 bits per heavy atom. The largest absolute Gasteiger partial charge is 0.495 e. The fraction of sp³-hybridized carbons (Fsp3) is 0.211. The molecule has 26 heavy (non-hydrogen) atoms. The molecule has 1 amide bonds. The molecule has 7 heteroatoms. The number of ether oxygens (including phenoxy) is 2. The molecule has 2 aromatic carbocycles. The number of halogens is 1. The molecule has 6 nitrogen and oxygen atoms in total. The summed E-state index contributed by atoms with van der Waals surface area (Å²) in [4.78, 5) is 36.9. The number of aldehydes is 1. The second-order valence-corrected chi connectivity index (χ2v) is 6.27. The molecule has 0 saturated carbocycles. The van der Waals surface area contributed by atoms with Crippen LogP contribution in [-0.2, 0) is 9.59 Å². The van der Waals surface area contributed by atoms with Crippen LogP contribution < -0.4 is 14.4 Å². The highest BCUT2D eigenvalue weighted by atomic mass is 35.5. The van der Waals surface area contributed by atoms with Gasteiger partial charge in [0.15, 0.2) is 0 Å². The minimum absolute atomic E-state index is 0.0426. The summed E-state index contributed by atoms with van der Waals surface area (Å²) in [7, 11) is 1.50. The minimum Gasteiger partial charge on any atom is -0.495 e. The molecule has 1 fully saturated rings. The molecule has 0 unspecified atom stereocenters. The Balaban J connectivity index is 1.73. The van der Waals surface area contributed by atoms with Gasteiger partial charge in [0.1, 0.15) is 17.8 Å². The summed E-state index contributed by atoms with van der Waals surface area (Å²) in [5.74, 6) is -0.477. The topological polar surface area (TPSA) is 72.9 Å². The van der Waals surface area contributed by atoms with E-state index in [1.165, 1.54) is 24.1 Å². The molecular weight excluding hydrogens is 358 g/mol. The van der Waals surface area contributed by atoms with Crippen LogP contribution in [0.4, 0.5) is 5.69 Å². The standard InChI is InChI=1S/C19H16ClNO5/c1-25-17-7-4-14(20)9-16(17)21-10-13(8-18(21)23)19(24)26-15-5-2-12(11-22)3-6-15/h2-7,9,11,13H,8,10H2,1H3/t13-/m0/s1. The van der Waals surface area contributed by atoms with E-state index in [9.17, 15) is 14.4 Å². The quantitative estimate of drug-likeness (QED) is 0.457. The SMILES string of the molecule is COc1ccc(Cl)cc1N1C[C@@H](C(=O)Oc2ccc(C=O)cc2)CC1=O. The third kappa shape index (κ3) is 3.70. The van der Waals surface area contributed by atoms with Gasteiger partial charge in [0, 0.05) is 23.6 Å². The van der Waals surface area contributed by atoms with Crippen molar-refractivity contribution in [1.82, 2.24) is 0 Å². The molecule has 0 radical (unpaired) electrons. The van der Waals surface area contributed by atoms with E-state index in [0.717, 1.165) is 0 Å². The molecule has 0 aromatic heterocycles. The summed E-state index contributed by atoms with van der Waals surface area (Å²) >= 11 is 6.02. The summed E-state index contributed by atoms with van der Waals surface area (Å²) in [6, 6.07) is 11.2. The average Bonchev–Trinajstić information content (AvgIpc) is 3.04. The number of anilines is 1. The first kappa shape index (κ1) is 17.9. The predicted octanol–water partition coefficient (Wildman–Crippen LogP) is 3.12. The number of rotatable bonds is 5. The van der Waals surface area contributed by atoms with Crippen molar-refractivity contribution in [1.29, 1.82) is 0 Å². The second kappa shape index (κ2) is 7.58. The lowest BCUT2D eigenvalue weighted by atomic mass is 10.1. The van der Waals surface area contributed by atoms with Gasteiger partial charge >= 0.3 is 5.97 Å². The van der Waals surface area contributed by atoms with Gasteiger partial charge < -0.3 is 14.4 Å². The zero-order valence-electron chi connectivity index (χ0n) is 14.0. The Morgan fingerprint density at radius 3 is 2.62 bits per heavy atom. The summed E-state index contributed by atoms with van der Waals surface area (Å²) in [5, 5.41) is 0.467. The Bertz CT molecular complexity index is 850. The van der Waals surface area contributed by atoms with E-state index in [1.54, 1.807) is 30.3 Å². The van der Waals surface area contributed by atoms with Crippen molar-refractivity contribution in [3.05, 3.63) is 53.1 Å². The van der Waals surface area contributed by atoms with Crippen molar-refractivity contribution < 1.29 is 23.9 Å². The highest BCUT2D eigenvalue weighted by Crippen LogP contribution is 2.35. The Hall–Kier alpha value is -2.86. The van der Waals surface area contributed by atoms with Gasteiger partial charge in [-0.05, 0) is 42.5 Å². The van der Waals surface area contributed by atoms with E-state index < -0.39 is 11.9 Å². The second-order valence-electron chi connectivity index (χ2n) is 5.83. The van der Waals surface area contributed by atoms with Crippen LogP contribution in [0.15, 0.2) is 42.5 Å². The third-order valence-corrected chi connectivity index (χ3v) is 4.36. The summed E-state index contributed by atoms with van der Waals surface area (Å²) in [6.07, 6.45) is 0.748. The van der Waals surface area contributed by atoms with Gasteiger partial charge in [-0.3, -0.25) is 14.4 Å². The molecular formula is C19H16ClNO5. The van der Waals surface area contributed by atoms with E-state index >= 15 is 0 Å². The highest BCUT2D eigenvalue weighted by molar-refractivity contribution is 6.31. The molecule has 134 valence electrons. The van der Waals surface area contributed by atoms with Crippen LogP contribution in [0.25, 0.3) is 0 Å². The van der Waals surface area contributed by atoms with Crippen LogP contribution >= 0.6 is 11.6 Å². The average molecular weight is 374 g/mol. The number of carbonyl (C=O) groups is 3. The molecule has 1 aliphatic rings. The van der Waals surface area contributed by atoms with Crippen molar-refractivity contribution in [2.45, 2.75) is 6.42 Å². The van der Waals surface area contributed by atoms with Crippen molar-refractivity contribution in [2.75, 3.05) is 18.6 Å². The molecule has 0 bridgehead atoms. The number of nitrogens with zero attached hydrogens (tertiary/aromatic N) is 1. The van der Waals surface area contributed by atoms with Gasteiger partial charge in [0.25, 0.3) is 0 Å². The van der Waals surface area contributed by atoms with Gasteiger partial charge in [-0.1, -0.05) is 11.6 Å². The van der Waals surface area contributed by atoms with E-state index in [2.05, 4.69) is 0 Å². The number of benzene rings is 2. The van der Waals surface area contributed by atoms with Gasteiger partial charge in [-0.15, -0.1) is 0 Å². The molecule has 0 N–H and O–H groups in total. The number of carbonyl (C=O) groups excluding carboxylic acids is 3. The Morgan fingerprint density at radius 2 is 1.96 bits per heavy atom. The first-order chi connectivity index (χ1) is 12.5. The van der Waals surface area contributed by atoms with Crippen molar-refractivity contribution in [3.63, 3.8) is 0 Å². The van der Waals surface area contributed by atoms with Crippen molar-refractivity contribution >= 4 is 35.5 Å². The minimum atomic E-state index is -0.600. The first-order valence-electron chi connectivity index (χ1n) is 7.92. The molecule has 1 aliphatic heterocycles. The zero-order valence-corrected chi connectivity index (χ0v) is 14.7. The van der Waals surface area contributed by atoms with Gasteiger partial charge in [-0.2, -0.15) is 0 Å². The molecule has 1 atom stereocenters. The van der Waals surface area contributed by atoms with Crippen LogP contribution in [0.2, 0.25) is 5.02 Å². The fourth-order valence-electron chi connectivity index (χ4n) is 2.79. The number of hydrogen-bond donors (Lipinski definition) is 0. The highest BCUT2D eigenvalue weighted by Gasteiger charge is 2.37. The predicted molar refractivity (Wildman–Crippen MR) is 95.9 cm³/mol. The van der Waals surface area contributed by atoms with Crippen molar-refractivity contribution in [2.24, 2.45) is 5.92 Å². The third-order valence-electron chi connectivity index (χ3n) is 4.12. The van der Waals surface area contributed by atoms with Crippen LogP contribution in [0.5, 0.6) is 11.5 Å². The lowest BCUT2D eigenvalue weighted by Crippen LogP contribution is -2.27. The zero-order chi connectivity index (χ0) is 18.7. The van der Waals surface area contributed by atoms with Gasteiger partial charge in [0.05, 0.1) is 18.7 Å². The molecule has 0 spiro atoms. The molecule has 1 heterocycles. The Labute approximate surface area is 155 Å². The smallest absolute Gasteiger partial charge is 0.316 e. The number of hydrogen-bond acceptors (Lipinski definition) is 5. The molecule has 2 aromatic rings. The van der Waals surface area contributed by atoms with Crippen LogP contribution in [0.1, 0.15) is 16.8 Å². The molecule has 3 rings (SSSR count). The fourth-order valence-corrected chi connectivity index (χ4v) is 2.95. The number of esters is 1. The van der Waals surface area contributed by atoms with E-state index in [0.29, 0.717) is 34.1 Å². The summed E-state index contributed by atoms with van der Waals surface area (Å²) < 4.78 is 10.6. The lowest BCUT2D eigenvalue weighted by Gasteiger charge is -2.19. The van der Waals surface area contributed by atoms with Crippen molar-refractivity contribution in [3.8, 4) is 11.5 Å². The van der Waals surface area contributed by atoms with Crippen LogP contribution in [-0.4, -0.2) is 31.8 Å². The van der Waals surface area contributed by atoms with E-state index in [-0.39, 0.29) is 18.9 Å². The summed E-state index contributed by atoms with van der Waals surface area (Å²) in [5.41, 5.74) is 1.01. The van der Waals surface area contributed by atoms with Crippen LogP contribution in [0, 0.1) is 5.92 Å². The normalized spacial score (nSPS) is 16.5. The lowest BCUT2D eigenvalue weighted by molar-refractivity contribution is -0.139. The van der Waals surface area contributed by atoms with E-state index in [4.69, 9.17) is 21.1 Å².